The molecular weight excluding hydrogens is 442 g/mol. The normalized spacial score (nSPS) is 19.6. The summed E-state index contributed by atoms with van der Waals surface area (Å²) in [6, 6.07) is 6.25. The number of carbonyl (C=O) groups excluding carboxylic acids is 2. The highest BCUT2D eigenvalue weighted by Gasteiger charge is 2.29. The van der Waals surface area contributed by atoms with E-state index in [2.05, 4.69) is 31.7 Å². The number of aromatic amines is 1. The molecule has 2 atom stereocenters. The van der Waals surface area contributed by atoms with Crippen LogP contribution in [0.4, 0.5) is 0 Å². The Bertz CT molecular complexity index is 1260. The second kappa shape index (κ2) is 9.68. The molecule has 3 aromatic rings. The van der Waals surface area contributed by atoms with Gasteiger partial charge in [-0.2, -0.15) is 0 Å². The molecule has 5 rings (SSSR count). The van der Waals surface area contributed by atoms with Crippen molar-refractivity contribution >= 4 is 22.8 Å². The van der Waals surface area contributed by atoms with Crippen molar-refractivity contribution in [3.8, 4) is 17.0 Å². The average Bonchev–Trinajstić information content (AvgIpc) is 3.47. The highest BCUT2D eigenvalue weighted by molar-refractivity contribution is 6.09. The number of nitrogens with zero attached hydrogens (tertiary/aromatic N) is 2. The van der Waals surface area contributed by atoms with Crippen molar-refractivity contribution in [2.45, 2.75) is 71.4 Å². The first-order valence-electron chi connectivity index (χ1n) is 12.6. The molecule has 0 spiro atoms. The summed E-state index contributed by atoms with van der Waals surface area (Å²) in [6.45, 7) is 6.49. The summed E-state index contributed by atoms with van der Waals surface area (Å²) >= 11 is 0. The molecule has 2 saturated carbocycles. The Labute approximate surface area is 205 Å². The second-order valence-electron chi connectivity index (χ2n) is 9.93. The summed E-state index contributed by atoms with van der Waals surface area (Å²) in [5.74, 6) is 1.34. The van der Waals surface area contributed by atoms with Crippen LogP contribution in [-0.2, 0) is 4.79 Å². The highest BCUT2D eigenvalue weighted by Crippen LogP contribution is 2.37. The van der Waals surface area contributed by atoms with E-state index in [-0.39, 0.29) is 23.9 Å². The van der Waals surface area contributed by atoms with Crippen LogP contribution in [-0.4, -0.2) is 45.5 Å². The van der Waals surface area contributed by atoms with Gasteiger partial charge in [-0.25, -0.2) is 9.97 Å². The van der Waals surface area contributed by atoms with Gasteiger partial charge in [0.05, 0.1) is 17.7 Å². The first kappa shape index (κ1) is 23.3. The minimum Gasteiger partial charge on any atom is -0.493 e. The molecule has 184 valence electrons. The van der Waals surface area contributed by atoms with Gasteiger partial charge in [-0.15, -0.1) is 0 Å². The van der Waals surface area contributed by atoms with Crippen LogP contribution in [0, 0.1) is 19.8 Å². The summed E-state index contributed by atoms with van der Waals surface area (Å²) in [5.41, 5.74) is 5.37. The lowest BCUT2D eigenvalue weighted by Gasteiger charge is -2.14. The van der Waals surface area contributed by atoms with Crippen LogP contribution >= 0.6 is 0 Å². The lowest BCUT2D eigenvalue weighted by Crippen LogP contribution is -2.37. The zero-order chi connectivity index (χ0) is 24.5. The van der Waals surface area contributed by atoms with Gasteiger partial charge in [-0.1, -0.05) is 18.6 Å². The lowest BCUT2D eigenvalue weighted by atomic mass is 10.1. The van der Waals surface area contributed by atoms with Crippen molar-refractivity contribution in [1.29, 1.82) is 0 Å². The van der Waals surface area contributed by atoms with Crippen LogP contribution in [0.2, 0.25) is 0 Å². The van der Waals surface area contributed by atoms with Crippen molar-refractivity contribution < 1.29 is 14.3 Å². The van der Waals surface area contributed by atoms with Crippen LogP contribution in [0.5, 0.6) is 5.75 Å². The minimum atomic E-state index is -0.152. The Kier molecular flexibility index (Phi) is 6.45. The molecule has 2 aliphatic carbocycles. The number of nitrogens with one attached hydrogen (secondary N) is 3. The zero-order valence-corrected chi connectivity index (χ0v) is 20.6. The van der Waals surface area contributed by atoms with Crippen LogP contribution in [0.15, 0.2) is 24.5 Å². The molecule has 2 fully saturated rings. The van der Waals surface area contributed by atoms with E-state index >= 15 is 0 Å². The van der Waals surface area contributed by atoms with Crippen molar-refractivity contribution in [3.63, 3.8) is 0 Å². The molecular formula is C27H33N5O3. The third-order valence-electron chi connectivity index (χ3n) is 7.01. The lowest BCUT2D eigenvalue weighted by molar-refractivity contribution is -0.121. The van der Waals surface area contributed by atoms with Gasteiger partial charge in [-0.05, 0) is 64.0 Å². The predicted octanol–water partition coefficient (Wildman–Crippen LogP) is 4.21. The number of aryl methyl sites for hydroxylation is 2. The number of rotatable bonds is 8. The Hall–Kier alpha value is -3.42. The summed E-state index contributed by atoms with van der Waals surface area (Å²) in [6.07, 6.45) is 6.88. The van der Waals surface area contributed by atoms with E-state index in [0.717, 1.165) is 53.0 Å². The summed E-state index contributed by atoms with van der Waals surface area (Å²) in [7, 11) is 0. The fraction of sp³-hybridized carbons (Fsp3) is 0.481. The molecule has 1 aromatic carbocycles. The number of carbonyl (C=O) groups is 2. The first-order valence-corrected chi connectivity index (χ1v) is 12.6. The van der Waals surface area contributed by atoms with Crippen molar-refractivity contribution in [1.82, 2.24) is 25.6 Å². The summed E-state index contributed by atoms with van der Waals surface area (Å²) in [4.78, 5) is 37.5. The van der Waals surface area contributed by atoms with E-state index < -0.39 is 0 Å². The van der Waals surface area contributed by atoms with Crippen molar-refractivity contribution in [2.24, 2.45) is 5.92 Å². The fourth-order valence-electron chi connectivity index (χ4n) is 4.88. The molecule has 3 N–H and O–H groups in total. The molecule has 2 aliphatic rings. The topological polar surface area (TPSA) is 109 Å². The minimum absolute atomic E-state index is 0.0227. The Balaban J connectivity index is 1.41. The van der Waals surface area contributed by atoms with Crippen LogP contribution in [0.1, 0.15) is 67.1 Å². The monoisotopic (exact) mass is 475 g/mol. The number of amides is 2. The van der Waals surface area contributed by atoms with E-state index in [4.69, 9.17) is 4.74 Å². The van der Waals surface area contributed by atoms with Gasteiger partial charge in [0.1, 0.15) is 23.3 Å². The van der Waals surface area contributed by atoms with Gasteiger partial charge in [0.15, 0.2) is 0 Å². The second-order valence-corrected chi connectivity index (χ2v) is 9.93. The standard InChI is InChI=1S/C27H33N5O3/c1-4-22(33)31-18-8-9-19(12-18)32-27(34)23-16(3)30-26-24(28-14-29-25(23)26)20-11-15(2)5-10-21(20)35-13-17-6-7-17/h5,10-11,14,17-19,30H,4,6-9,12-13H2,1-3H3,(H,31,33)(H,32,34). The summed E-state index contributed by atoms with van der Waals surface area (Å²) in [5, 5.41) is 6.19. The zero-order valence-electron chi connectivity index (χ0n) is 20.6. The Morgan fingerprint density at radius 3 is 2.60 bits per heavy atom. The number of hydrogen-bond acceptors (Lipinski definition) is 5. The number of H-pyrrole nitrogens is 1. The molecule has 35 heavy (non-hydrogen) atoms. The first-order chi connectivity index (χ1) is 16.9. The van der Waals surface area contributed by atoms with Crippen LogP contribution in [0.25, 0.3) is 22.3 Å². The maximum atomic E-state index is 13.3. The van der Waals surface area contributed by atoms with Gasteiger partial charge >= 0.3 is 0 Å². The van der Waals surface area contributed by atoms with Gasteiger partial charge in [0.25, 0.3) is 5.91 Å². The number of hydrogen-bond donors (Lipinski definition) is 3. The molecule has 2 amide bonds. The maximum absolute atomic E-state index is 13.3. The smallest absolute Gasteiger partial charge is 0.255 e. The number of aromatic nitrogens is 3. The Morgan fingerprint density at radius 2 is 1.86 bits per heavy atom. The molecule has 8 heteroatoms. The van der Waals surface area contributed by atoms with Crippen molar-refractivity contribution in [2.75, 3.05) is 6.61 Å². The fourth-order valence-corrected chi connectivity index (χ4v) is 4.88. The highest BCUT2D eigenvalue weighted by atomic mass is 16.5. The van der Waals surface area contributed by atoms with Gasteiger partial charge in [-0.3, -0.25) is 9.59 Å². The molecule has 0 aliphatic heterocycles. The SMILES string of the molecule is CCC(=O)NC1CCC(NC(=O)c2c(C)[nH]c3c(-c4cc(C)ccc4OCC4CC4)ncnc23)C1. The quantitative estimate of drug-likeness (QED) is 0.452. The molecule has 2 unspecified atom stereocenters. The molecule has 8 nitrogen and oxygen atoms in total. The third kappa shape index (κ3) is 5.01. The van der Waals surface area contributed by atoms with Crippen molar-refractivity contribution in [3.05, 3.63) is 41.3 Å². The molecule has 0 radical (unpaired) electrons. The predicted molar refractivity (Wildman–Crippen MR) is 134 cm³/mol. The van der Waals surface area contributed by atoms with Crippen LogP contribution < -0.4 is 15.4 Å². The Morgan fingerprint density at radius 1 is 1.09 bits per heavy atom. The van der Waals surface area contributed by atoms with Gasteiger partial charge in [0, 0.05) is 29.8 Å². The number of ether oxygens (including phenoxy) is 1. The van der Waals surface area contributed by atoms with E-state index in [1.807, 2.05) is 32.9 Å². The number of benzene rings is 1. The summed E-state index contributed by atoms with van der Waals surface area (Å²) < 4.78 is 6.15. The van der Waals surface area contributed by atoms with Gasteiger partial charge < -0.3 is 20.4 Å². The van der Waals surface area contributed by atoms with E-state index in [1.165, 1.54) is 19.2 Å². The molecule has 2 aromatic heterocycles. The molecule has 0 saturated heterocycles. The van der Waals surface area contributed by atoms with E-state index in [1.54, 1.807) is 0 Å². The van der Waals surface area contributed by atoms with E-state index in [9.17, 15) is 9.59 Å². The maximum Gasteiger partial charge on any atom is 0.255 e. The average molecular weight is 476 g/mol. The van der Waals surface area contributed by atoms with Crippen LogP contribution in [0.3, 0.4) is 0 Å². The molecule has 2 heterocycles. The number of fused-ring (bicyclic) bond motifs is 1. The largest absolute Gasteiger partial charge is 0.493 e. The molecule has 0 bridgehead atoms. The van der Waals surface area contributed by atoms with E-state index in [0.29, 0.717) is 30.0 Å². The third-order valence-corrected chi connectivity index (χ3v) is 7.01. The van der Waals surface area contributed by atoms with Gasteiger partial charge in [0.2, 0.25) is 5.91 Å².